The van der Waals surface area contributed by atoms with Crippen molar-refractivity contribution in [3.05, 3.63) is 53.0 Å². The summed E-state index contributed by atoms with van der Waals surface area (Å²) in [5.41, 5.74) is 7.68. The summed E-state index contributed by atoms with van der Waals surface area (Å²) in [6.07, 6.45) is 0. The summed E-state index contributed by atoms with van der Waals surface area (Å²) in [6.45, 7) is 3.14. The maximum Gasteiger partial charge on any atom is 0.254 e. The second-order valence-electron chi connectivity index (χ2n) is 6.29. The van der Waals surface area contributed by atoms with Gasteiger partial charge >= 0.3 is 0 Å². The van der Waals surface area contributed by atoms with Gasteiger partial charge in [0.15, 0.2) is 0 Å². The zero-order valence-electron chi connectivity index (χ0n) is 14.0. The molecule has 0 atom stereocenters. The number of fused-ring (bicyclic) bond motifs is 2. The Labute approximate surface area is 158 Å². The van der Waals surface area contributed by atoms with Gasteiger partial charge in [0.1, 0.15) is 0 Å². The number of carbonyl (C=O) groups excluding carboxylic acids is 1. The Hall–Kier alpha value is -2.51. The minimum absolute atomic E-state index is 0.107. The largest absolute Gasteiger partial charge is 0.367 e. The van der Waals surface area contributed by atoms with Crippen LogP contribution in [-0.2, 0) is 0 Å². The zero-order valence-corrected chi connectivity index (χ0v) is 15.6. The third-order valence-corrected chi connectivity index (χ3v) is 6.48. The smallest absolute Gasteiger partial charge is 0.254 e. The van der Waals surface area contributed by atoms with Gasteiger partial charge in [-0.15, -0.1) is 22.7 Å². The lowest BCUT2D eigenvalue weighted by Gasteiger charge is -2.36. The molecule has 0 spiro atoms. The van der Waals surface area contributed by atoms with E-state index in [0.717, 1.165) is 47.5 Å². The van der Waals surface area contributed by atoms with E-state index in [9.17, 15) is 4.79 Å². The lowest BCUT2D eigenvalue weighted by atomic mass is 10.1. The summed E-state index contributed by atoms with van der Waals surface area (Å²) >= 11 is 3.25. The fourth-order valence-electron chi connectivity index (χ4n) is 3.44. The topological polar surface area (TPSA) is 49.3 Å². The Bertz CT molecular complexity index is 1100. The van der Waals surface area contributed by atoms with E-state index in [1.807, 2.05) is 40.2 Å². The summed E-state index contributed by atoms with van der Waals surface area (Å²) in [5.74, 6) is 0.107. The fourth-order valence-corrected chi connectivity index (χ4v) is 4.99. The van der Waals surface area contributed by atoms with Crippen molar-refractivity contribution >= 4 is 54.7 Å². The van der Waals surface area contributed by atoms with Crippen LogP contribution in [0.15, 0.2) is 47.4 Å². The van der Waals surface area contributed by atoms with Crippen molar-refractivity contribution in [1.82, 2.24) is 14.9 Å². The van der Waals surface area contributed by atoms with Crippen LogP contribution >= 0.6 is 22.7 Å². The molecule has 1 amide bonds. The molecule has 0 unspecified atom stereocenters. The first kappa shape index (κ1) is 15.7. The molecule has 5 rings (SSSR count). The highest BCUT2D eigenvalue weighted by molar-refractivity contribution is 7.17. The van der Waals surface area contributed by atoms with Crippen LogP contribution in [0.5, 0.6) is 0 Å². The number of hydrogen-bond acceptors (Lipinski definition) is 6. The predicted octanol–water partition coefficient (Wildman–Crippen LogP) is 3.87. The van der Waals surface area contributed by atoms with E-state index in [2.05, 4.69) is 27.0 Å². The molecular weight excluding hydrogens is 364 g/mol. The molecule has 2 aromatic heterocycles. The number of amides is 1. The Morgan fingerprint density at radius 1 is 0.923 bits per heavy atom. The van der Waals surface area contributed by atoms with Crippen molar-refractivity contribution in [1.29, 1.82) is 0 Å². The van der Waals surface area contributed by atoms with Gasteiger partial charge in [0.25, 0.3) is 5.91 Å². The van der Waals surface area contributed by atoms with E-state index in [1.54, 1.807) is 22.7 Å². The van der Waals surface area contributed by atoms with Crippen LogP contribution in [0.1, 0.15) is 10.4 Å². The third-order valence-electron chi connectivity index (χ3n) is 4.82. The molecule has 5 nitrogen and oxygen atoms in total. The van der Waals surface area contributed by atoms with Gasteiger partial charge in [0, 0.05) is 31.7 Å². The van der Waals surface area contributed by atoms with Crippen molar-refractivity contribution < 1.29 is 4.79 Å². The number of rotatable bonds is 2. The highest BCUT2D eigenvalue weighted by Gasteiger charge is 2.23. The number of benzene rings is 2. The monoisotopic (exact) mass is 380 g/mol. The fraction of sp³-hybridized carbons (Fsp3) is 0.211. The average Bonchev–Trinajstić information content (AvgIpc) is 3.35. The molecular formula is C19H16N4OS2. The highest BCUT2D eigenvalue weighted by atomic mass is 32.1. The first-order valence-electron chi connectivity index (χ1n) is 8.49. The van der Waals surface area contributed by atoms with Crippen molar-refractivity contribution in [2.75, 3.05) is 31.1 Å². The SMILES string of the molecule is O=C(c1ccc2ncsc2c1)N1CCN(c2cccc3ncsc23)CC1. The number of anilines is 1. The number of piperazine rings is 1. The van der Waals surface area contributed by atoms with Gasteiger partial charge in [-0.05, 0) is 30.3 Å². The molecule has 0 radical (unpaired) electrons. The van der Waals surface area contributed by atoms with Crippen LogP contribution in [0.3, 0.4) is 0 Å². The minimum Gasteiger partial charge on any atom is -0.367 e. The summed E-state index contributed by atoms with van der Waals surface area (Å²) in [7, 11) is 0. The molecule has 1 fully saturated rings. The molecule has 1 saturated heterocycles. The molecule has 0 aliphatic carbocycles. The maximum atomic E-state index is 12.9. The molecule has 4 aromatic rings. The maximum absolute atomic E-state index is 12.9. The molecule has 130 valence electrons. The lowest BCUT2D eigenvalue weighted by molar-refractivity contribution is 0.0747. The van der Waals surface area contributed by atoms with Crippen molar-refractivity contribution in [2.24, 2.45) is 0 Å². The summed E-state index contributed by atoms with van der Waals surface area (Å²) < 4.78 is 2.29. The quantitative estimate of drug-likeness (QED) is 0.530. The number of carbonyl (C=O) groups is 1. The normalized spacial score (nSPS) is 15.1. The van der Waals surface area contributed by atoms with Gasteiger partial charge in [-0.3, -0.25) is 4.79 Å². The lowest BCUT2D eigenvalue weighted by Crippen LogP contribution is -2.48. The van der Waals surface area contributed by atoms with Crippen LogP contribution in [0.2, 0.25) is 0 Å². The first-order valence-corrected chi connectivity index (χ1v) is 10.3. The number of thiazole rings is 2. The Kier molecular flexibility index (Phi) is 3.83. The van der Waals surface area contributed by atoms with Crippen molar-refractivity contribution in [3.63, 3.8) is 0 Å². The van der Waals surface area contributed by atoms with Crippen LogP contribution in [0.25, 0.3) is 20.4 Å². The summed E-state index contributed by atoms with van der Waals surface area (Å²) in [5, 5.41) is 0. The van der Waals surface area contributed by atoms with Crippen LogP contribution in [0, 0.1) is 0 Å². The van der Waals surface area contributed by atoms with Crippen LogP contribution < -0.4 is 4.90 Å². The van der Waals surface area contributed by atoms with Gasteiger partial charge < -0.3 is 9.80 Å². The molecule has 1 aliphatic rings. The van der Waals surface area contributed by atoms with Gasteiger partial charge in [-0.1, -0.05) is 6.07 Å². The standard InChI is InChI=1S/C19H16N4OS2/c24-19(13-4-5-14-17(10-13)25-11-20-14)23-8-6-22(7-9-23)16-3-1-2-15-18(16)26-12-21-15/h1-5,10-12H,6-9H2. The molecule has 3 heterocycles. The summed E-state index contributed by atoms with van der Waals surface area (Å²) in [6, 6.07) is 12.0. The Balaban J connectivity index is 1.33. The van der Waals surface area contributed by atoms with E-state index < -0.39 is 0 Å². The van der Waals surface area contributed by atoms with E-state index >= 15 is 0 Å². The first-order chi connectivity index (χ1) is 12.8. The Morgan fingerprint density at radius 2 is 1.73 bits per heavy atom. The van der Waals surface area contributed by atoms with Crippen LogP contribution in [0.4, 0.5) is 5.69 Å². The molecule has 2 aromatic carbocycles. The molecule has 1 aliphatic heterocycles. The van der Waals surface area contributed by atoms with E-state index in [-0.39, 0.29) is 5.91 Å². The second-order valence-corrected chi connectivity index (χ2v) is 8.03. The van der Waals surface area contributed by atoms with Gasteiger partial charge in [0.2, 0.25) is 0 Å². The zero-order chi connectivity index (χ0) is 17.5. The van der Waals surface area contributed by atoms with Crippen molar-refractivity contribution in [3.8, 4) is 0 Å². The van der Waals surface area contributed by atoms with E-state index in [4.69, 9.17) is 0 Å². The third kappa shape index (κ3) is 2.64. The number of hydrogen-bond donors (Lipinski definition) is 0. The van der Waals surface area contributed by atoms with E-state index in [0.29, 0.717) is 0 Å². The summed E-state index contributed by atoms with van der Waals surface area (Å²) in [4.78, 5) is 25.9. The molecule has 0 saturated carbocycles. The van der Waals surface area contributed by atoms with Crippen LogP contribution in [-0.4, -0.2) is 47.0 Å². The minimum atomic E-state index is 0.107. The number of nitrogens with zero attached hydrogens (tertiary/aromatic N) is 4. The predicted molar refractivity (Wildman–Crippen MR) is 107 cm³/mol. The number of aromatic nitrogens is 2. The molecule has 0 N–H and O–H groups in total. The van der Waals surface area contributed by atoms with Gasteiger partial charge in [0.05, 0.1) is 37.1 Å². The Morgan fingerprint density at radius 3 is 2.62 bits per heavy atom. The average molecular weight is 380 g/mol. The van der Waals surface area contributed by atoms with Gasteiger partial charge in [-0.25, -0.2) is 9.97 Å². The molecule has 26 heavy (non-hydrogen) atoms. The molecule has 7 heteroatoms. The van der Waals surface area contributed by atoms with Crippen molar-refractivity contribution in [2.45, 2.75) is 0 Å². The second kappa shape index (κ2) is 6.34. The van der Waals surface area contributed by atoms with Gasteiger partial charge in [-0.2, -0.15) is 0 Å². The highest BCUT2D eigenvalue weighted by Crippen LogP contribution is 2.30. The van der Waals surface area contributed by atoms with E-state index in [1.165, 1.54) is 10.4 Å². The molecule has 0 bridgehead atoms.